The van der Waals surface area contributed by atoms with Gasteiger partial charge in [-0.25, -0.2) is 4.39 Å². The lowest BCUT2D eigenvalue weighted by molar-refractivity contribution is -0.136. The zero-order valence-corrected chi connectivity index (χ0v) is 19.7. The molecule has 0 unspecified atom stereocenters. The minimum atomic E-state index is -0.910. The summed E-state index contributed by atoms with van der Waals surface area (Å²) in [6, 6.07) is 21.2. The SMILES string of the molecule is CCCOc1ccc(CC(=O)O)cc1-c1cc(-c2ccc(F)cc2)n(Cc2ccccc2OC)n1. The summed E-state index contributed by atoms with van der Waals surface area (Å²) < 4.78 is 27.0. The van der Waals surface area contributed by atoms with E-state index in [2.05, 4.69) is 0 Å². The van der Waals surface area contributed by atoms with Gasteiger partial charge in [-0.05, 0) is 60.5 Å². The molecule has 0 atom stereocenters. The molecule has 0 saturated carbocycles. The average molecular weight is 475 g/mol. The molecule has 0 fully saturated rings. The van der Waals surface area contributed by atoms with Crippen LogP contribution in [0.15, 0.2) is 72.8 Å². The molecule has 0 bridgehead atoms. The number of hydrogen-bond acceptors (Lipinski definition) is 4. The van der Waals surface area contributed by atoms with Crippen molar-refractivity contribution in [1.82, 2.24) is 9.78 Å². The number of hydrogen-bond donors (Lipinski definition) is 1. The Morgan fingerprint density at radius 1 is 1.03 bits per heavy atom. The number of carboxylic acid groups (broad SMARTS) is 1. The molecular weight excluding hydrogens is 447 g/mol. The standard InChI is InChI=1S/C28H27FN2O4/c1-3-14-35-27-13-8-19(16-28(32)33)15-23(27)24-17-25(20-9-11-22(29)12-10-20)31(30-24)18-21-6-4-5-7-26(21)34-2/h4-13,15,17H,3,14,16,18H2,1-2H3,(H,32,33). The quantitative estimate of drug-likeness (QED) is 0.313. The van der Waals surface area contributed by atoms with Gasteiger partial charge in [-0.3, -0.25) is 9.48 Å². The van der Waals surface area contributed by atoms with Gasteiger partial charge in [-0.15, -0.1) is 0 Å². The van der Waals surface area contributed by atoms with Crippen LogP contribution < -0.4 is 9.47 Å². The predicted octanol–water partition coefficient (Wildman–Crippen LogP) is 5.83. The highest BCUT2D eigenvalue weighted by atomic mass is 19.1. The van der Waals surface area contributed by atoms with Gasteiger partial charge in [-0.2, -0.15) is 5.10 Å². The van der Waals surface area contributed by atoms with Gasteiger partial charge in [0.1, 0.15) is 17.3 Å². The highest BCUT2D eigenvalue weighted by Crippen LogP contribution is 2.34. The number of halogens is 1. The molecule has 0 aliphatic rings. The van der Waals surface area contributed by atoms with Gasteiger partial charge in [0.25, 0.3) is 0 Å². The molecule has 6 nitrogen and oxygen atoms in total. The van der Waals surface area contributed by atoms with Crippen LogP contribution in [0.2, 0.25) is 0 Å². The van der Waals surface area contributed by atoms with Crippen molar-refractivity contribution >= 4 is 5.97 Å². The number of aromatic nitrogens is 2. The van der Waals surface area contributed by atoms with Crippen molar-refractivity contribution in [3.8, 4) is 34.0 Å². The number of ether oxygens (including phenoxy) is 2. The Morgan fingerprint density at radius 2 is 1.80 bits per heavy atom. The van der Waals surface area contributed by atoms with Crippen molar-refractivity contribution < 1.29 is 23.8 Å². The highest BCUT2D eigenvalue weighted by molar-refractivity contribution is 5.76. The maximum Gasteiger partial charge on any atom is 0.307 e. The molecule has 0 aliphatic carbocycles. The van der Waals surface area contributed by atoms with Crippen molar-refractivity contribution in [2.75, 3.05) is 13.7 Å². The molecule has 1 aromatic heterocycles. The van der Waals surface area contributed by atoms with Crippen LogP contribution in [0.1, 0.15) is 24.5 Å². The molecule has 0 aliphatic heterocycles. The zero-order valence-electron chi connectivity index (χ0n) is 19.7. The van der Waals surface area contributed by atoms with Crippen LogP contribution >= 0.6 is 0 Å². The first-order valence-corrected chi connectivity index (χ1v) is 11.4. The van der Waals surface area contributed by atoms with Crippen LogP contribution in [-0.4, -0.2) is 34.6 Å². The van der Waals surface area contributed by atoms with Crippen LogP contribution in [0.4, 0.5) is 4.39 Å². The van der Waals surface area contributed by atoms with Crippen molar-refractivity contribution in [3.63, 3.8) is 0 Å². The number of carbonyl (C=O) groups is 1. The number of nitrogens with zero attached hydrogens (tertiary/aromatic N) is 2. The summed E-state index contributed by atoms with van der Waals surface area (Å²) in [7, 11) is 1.62. The van der Waals surface area contributed by atoms with E-state index in [1.165, 1.54) is 12.1 Å². The molecule has 0 saturated heterocycles. The zero-order chi connectivity index (χ0) is 24.8. The van der Waals surface area contributed by atoms with E-state index < -0.39 is 5.97 Å². The number of methoxy groups -OCH3 is 1. The number of benzene rings is 3. The van der Waals surface area contributed by atoms with Crippen molar-refractivity contribution in [3.05, 3.63) is 89.7 Å². The summed E-state index contributed by atoms with van der Waals surface area (Å²) >= 11 is 0. The fraction of sp³-hybridized carbons (Fsp3) is 0.214. The summed E-state index contributed by atoms with van der Waals surface area (Å²) in [5.41, 5.74) is 4.53. The van der Waals surface area contributed by atoms with E-state index in [0.717, 1.165) is 29.0 Å². The minimum Gasteiger partial charge on any atom is -0.496 e. The first kappa shape index (κ1) is 24.0. The minimum absolute atomic E-state index is 0.103. The van der Waals surface area contributed by atoms with Gasteiger partial charge in [-0.1, -0.05) is 31.2 Å². The van der Waals surface area contributed by atoms with Crippen LogP contribution in [0.25, 0.3) is 22.5 Å². The van der Waals surface area contributed by atoms with Crippen molar-refractivity contribution in [1.29, 1.82) is 0 Å². The number of carboxylic acids is 1. The van der Waals surface area contributed by atoms with Crippen molar-refractivity contribution in [2.45, 2.75) is 26.3 Å². The largest absolute Gasteiger partial charge is 0.496 e. The molecule has 35 heavy (non-hydrogen) atoms. The fourth-order valence-corrected chi connectivity index (χ4v) is 3.92. The Labute approximate surface area is 203 Å². The molecule has 180 valence electrons. The average Bonchev–Trinajstić information content (AvgIpc) is 3.27. The van der Waals surface area contributed by atoms with E-state index in [-0.39, 0.29) is 12.2 Å². The summed E-state index contributed by atoms with van der Waals surface area (Å²) in [4.78, 5) is 11.3. The maximum absolute atomic E-state index is 13.6. The van der Waals surface area contributed by atoms with Gasteiger partial charge in [0.15, 0.2) is 0 Å². The van der Waals surface area contributed by atoms with Crippen LogP contribution in [-0.2, 0) is 17.8 Å². The van der Waals surface area contributed by atoms with Gasteiger partial charge in [0.2, 0.25) is 0 Å². The second-order valence-electron chi connectivity index (χ2n) is 8.14. The first-order chi connectivity index (χ1) is 17.0. The molecule has 1 heterocycles. The van der Waals surface area contributed by atoms with E-state index in [9.17, 15) is 14.3 Å². The molecule has 0 radical (unpaired) electrons. The Balaban J connectivity index is 1.84. The van der Waals surface area contributed by atoms with E-state index >= 15 is 0 Å². The predicted molar refractivity (Wildman–Crippen MR) is 132 cm³/mol. The molecule has 1 N–H and O–H groups in total. The normalized spacial score (nSPS) is 10.8. The Hall–Kier alpha value is -4.13. The topological polar surface area (TPSA) is 73.6 Å². The van der Waals surface area contributed by atoms with Crippen LogP contribution in [0, 0.1) is 5.82 Å². The molecular formula is C28H27FN2O4. The lowest BCUT2D eigenvalue weighted by Gasteiger charge is -2.12. The van der Waals surface area contributed by atoms with E-state index in [1.54, 1.807) is 31.4 Å². The number of para-hydroxylation sites is 1. The third-order valence-electron chi connectivity index (χ3n) is 5.57. The summed E-state index contributed by atoms with van der Waals surface area (Å²) in [5, 5.41) is 14.2. The van der Waals surface area contributed by atoms with E-state index in [1.807, 2.05) is 48.0 Å². The first-order valence-electron chi connectivity index (χ1n) is 11.4. The number of rotatable bonds is 10. The second-order valence-corrected chi connectivity index (χ2v) is 8.14. The third-order valence-corrected chi connectivity index (χ3v) is 5.57. The highest BCUT2D eigenvalue weighted by Gasteiger charge is 2.18. The fourth-order valence-electron chi connectivity index (χ4n) is 3.92. The molecule has 3 aromatic carbocycles. The summed E-state index contributed by atoms with van der Waals surface area (Å²) in [5.74, 6) is 0.145. The Kier molecular flexibility index (Phi) is 7.45. The molecule has 4 aromatic rings. The smallest absolute Gasteiger partial charge is 0.307 e. The van der Waals surface area contributed by atoms with Gasteiger partial charge in [0, 0.05) is 16.7 Å². The maximum atomic E-state index is 13.6. The van der Waals surface area contributed by atoms with Crippen molar-refractivity contribution in [2.24, 2.45) is 0 Å². The molecule has 4 rings (SSSR count). The Bertz CT molecular complexity index is 1320. The Morgan fingerprint density at radius 3 is 2.51 bits per heavy atom. The van der Waals surface area contributed by atoms with Gasteiger partial charge in [0.05, 0.1) is 38.1 Å². The van der Waals surface area contributed by atoms with Crippen LogP contribution in [0.3, 0.4) is 0 Å². The lowest BCUT2D eigenvalue weighted by Crippen LogP contribution is -2.06. The van der Waals surface area contributed by atoms with E-state index in [0.29, 0.717) is 35.7 Å². The third kappa shape index (κ3) is 5.69. The molecule has 0 spiro atoms. The molecule has 7 heteroatoms. The monoisotopic (exact) mass is 474 g/mol. The summed E-state index contributed by atoms with van der Waals surface area (Å²) in [6.07, 6.45) is 0.729. The molecule has 0 amide bonds. The second kappa shape index (κ2) is 10.9. The van der Waals surface area contributed by atoms with Gasteiger partial charge < -0.3 is 14.6 Å². The van der Waals surface area contributed by atoms with Crippen LogP contribution in [0.5, 0.6) is 11.5 Å². The summed E-state index contributed by atoms with van der Waals surface area (Å²) in [6.45, 7) is 2.97. The number of aliphatic carboxylic acids is 1. The van der Waals surface area contributed by atoms with E-state index in [4.69, 9.17) is 14.6 Å². The van der Waals surface area contributed by atoms with Gasteiger partial charge >= 0.3 is 5.97 Å². The lowest BCUT2D eigenvalue weighted by atomic mass is 10.0.